The van der Waals surface area contributed by atoms with Crippen molar-refractivity contribution >= 4 is 22.1 Å². The van der Waals surface area contributed by atoms with Crippen LogP contribution < -0.4 is 10.2 Å². The van der Waals surface area contributed by atoms with Gasteiger partial charge in [-0.15, -0.1) is 11.3 Å². The highest BCUT2D eigenvalue weighted by molar-refractivity contribution is 7.15. The molecule has 6 heteroatoms. The molecule has 2 aromatic rings. The van der Waals surface area contributed by atoms with Gasteiger partial charge in [0.15, 0.2) is 10.8 Å². The Balaban J connectivity index is 2.12. The fourth-order valence-electron chi connectivity index (χ4n) is 2.17. The van der Waals surface area contributed by atoms with E-state index in [1.54, 1.807) is 18.4 Å². The summed E-state index contributed by atoms with van der Waals surface area (Å²) in [5.74, 6) is 1.09. The molecule has 1 N–H and O–H groups in total. The Labute approximate surface area is 124 Å². The highest BCUT2D eigenvalue weighted by atomic mass is 32.1. The monoisotopic (exact) mass is 296 g/mol. The van der Waals surface area contributed by atoms with Crippen molar-refractivity contribution in [2.24, 2.45) is 0 Å². The highest BCUT2D eigenvalue weighted by Gasteiger charge is 2.15. The number of unbranched alkanes of at least 4 members (excludes halogenated alkanes) is 1. The van der Waals surface area contributed by atoms with E-state index in [0.717, 1.165) is 37.0 Å². The van der Waals surface area contributed by atoms with Gasteiger partial charge in [0.1, 0.15) is 0 Å². The summed E-state index contributed by atoms with van der Waals surface area (Å²) in [5.41, 5.74) is 1.23. The maximum absolute atomic E-state index is 5.07. The molecule has 0 saturated carbocycles. The van der Waals surface area contributed by atoms with E-state index in [4.69, 9.17) is 9.72 Å². The standard InChI is InChI=1S/C14H24N4OS/c1-4-5-7-17(2)13-12(11-15-6-9-19-3)18-8-10-20-14(18)16-13/h8,10,15H,4-7,9,11H2,1-3H3. The molecule has 5 nitrogen and oxygen atoms in total. The van der Waals surface area contributed by atoms with E-state index in [9.17, 15) is 0 Å². The van der Waals surface area contributed by atoms with Crippen LogP contribution in [0.3, 0.4) is 0 Å². The van der Waals surface area contributed by atoms with Gasteiger partial charge in [-0.3, -0.25) is 4.40 Å². The second kappa shape index (κ2) is 7.61. The molecule has 0 amide bonds. The van der Waals surface area contributed by atoms with Crippen LogP contribution in [0.15, 0.2) is 11.6 Å². The van der Waals surface area contributed by atoms with Crippen molar-refractivity contribution in [1.29, 1.82) is 0 Å². The van der Waals surface area contributed by atoms with Crippen molar-refractivity contribution in [3.05, 3.63) is 17.3 Å². The molecule has 0 bridgehead atoms. The van der Waals surface area contributed by atoms with Crippen LogP contribution in [0.2, 0.25) is 0 Å². The fraction of sp³-hybridized carbons (Fsp3) is 0.643. The predicted molar refractivity (Wildman–Crippen MR) is 84.8 cm³/mol. The average Bonchev–Trinajstić information content (AvgIpc) is 3.02. The summed E-state index contributed by atoms with van der Waals surface area (Å²) in [4.78, 5) is 8.08. The van der Waals surface area contributed by atoms with Crippen molar-refractivity contribution in [2.75, 3.05) is 38.8 Å². The van der Waals surface area contributed by atoms with Crippen LogP contribution in [0.4, 0.5) is 5.82 Å². The quantitative estimate of drug-likeness (QED) is 0.721. The second-order valence-electron chi connectivity index (χ2n) is 4.88. The minimum atomic E-state index is 0.729. The number of nitrogens with zero attached hydrogens (tertiary/aromatic N) is 3. The molecule has 2 aromatic heterocycles. The number of rotatable bonds is 9. The van der Waals surface area contributed by atoms with E-state index in [2.05, 4.69) is 40.2 Å². The molecule has 0 fully saturated rings. The fourth-order valence-corrected chi connectivity index (χ4v) is 2.90. The first-order valence-corrected chi connectivity index (χ1v) is 8.01. The molecular formula is C14H24N4OS. The Hall–Kier alpha value is -1.11. The van der Waals surface area contributed by atoms with Gasteiger partial charge < -0.3 is 15.0 Å². The number of ether oxygens (including phenoxy) is 1. The van der Waals surface area contributed by atoms with E-state index in [-0.39, 0.29) is 0 Å². The molecule has 0 saturated heterocycles. The van der Waals surface area contributed by atoms with E-state index < -0.39 is 0 Å². The topological polar surface area (TPSA) is 41.8 Å². The molecular weight excluding hydrogens is 272 g/mol. The Morgan fingerprint density at radius 3 is 3.10 bits per heavy atom. The van der Waals surface area contributed by atoms with Crippen LogP contribution in [0, 0.1) is 0 Å². The van der Waals surface area contributed by atoms with Gasteiger partial charge in [-0.1, -0.05) is 13.3 Å². The lowest BCUT2D eigenvalue weighted by Crippen LogP contribution is -2.24. The van der Waals surface area contributed by atoms with E-state index in [1.807, 2.05) is 0 Å². The minimum absolute atomic E-state index is 0.729. The number of aromatic nitrogens is 2. The van der Waals surface area contributed by atoms with Crippen molar-refractivity contribution in [3.63, 3.8) is 0 Å². The molecule has 20 heavy (non-hydrogen) atoms. The third-order valence-corrected chi connectivity index (χ3v) is 4.08. The lowest BCUT2D eigenvalue weighted by Gasteiger charge is -2.18. The first-order chi connectivity index (χ1) is 9.77. The van der Waals surface area contributed by atoms with Crippen molar-refractivity contribution in [3.8, 4) is 0 Å². The average molecular weight is 296 g/mol. The Morgan fingerprint density at radius 2 is 2.35 bits per heavy atom. The number of methoxy groups -OCH3 is 1. The summed E-state index contributed by atoms with van der Waals surface area (Å²) in [7, 11) is 3.85. The number of imidazole rings is 1. The molecule has 0 aliphatic heterocycles. The van der Waals surface area contributed by atoms with Crippen LogP contribution in [-0.2, 0) is 11.3 Å². The van der Waals surface area contributed by atoms with Gasteiger partial charge in [0.25, 0.3) is 0 Å². The van der Waals surface area contributed by atoms with Crippen LogP contribution in [0.1, 0.15) is 25.5 Å². The SMILES string of the molecule is CCCCN(C)c1nc2sccn2c1CNCCOC. The second-order valence-corrected chi connectivity index (χ2v) is 5.76. The zero-order valence-corrected chi connectivity index (χ0v) is 13.4. The maximum Gasteiger partial charge on any atom is 0.195 e. The molecule has 0 spiro atoms. The summed E-state index contributed by atoms with van der Waals surface area (Å²) in [6, 6.07) is 0. The van der Waals surface area contributed by atoms with Gasteiger partial charge in [-0.05, 0) is 6.42 Å². The largest absolute Gasteiger partial charge is 0.383 e. The highest BCUT2D eigenvalue weighted by Crippen LogP contribution is 2.24. The van der Waals surface area contributed by atoms with Crippen molar-refractivity contribution in [2.45, 2.75) is 26.3 Å². The van der Waals surface area contributed by atoms with E-state index in [0.29, 0.717) is 0 Å². The molecule has 2 rings (SSSR count). The van der Waals surface area contributed by atoms with Gasteiger partial charge in [0.05, 0.1) is 12.3 Å². The van der Waals surface area contributed by atoms with Gasteiger partial charge >= 0.3 is 0 Å². The molecule has 0 aromatic carbocycles. The number of hydrogen-bond acceptors (Lipinski definition) is 5. The lowest BCUT2D eigenvalue weighted by molar-refractivity contribution is 0.199. The number of hydrogen-bond donors (Lipinski definition) is 1. The van der Waals surface area contributed by atoms with Gasteiger partial charge in [0.2, 0.25) is 0 Å². The third-order valence-electron chi connectivity index (χ3n) is 3.32. The Bertz CT molecular complexity index is 522. The number of nitrogens with one attached hydrogen (secondary N) is 1. The van der Waals surface area contributed by atoms with Crippen LogP contribution >= 0.6 is 11.3 Å². The van der Waals surface area contributed by atoms with Gasteiger partial charge in [-0.25, -0.2) is 4.98 Å². The number of anilines is 1. The summed E-state index contributed by atoms with van der Waals surface area (Å²) in [5, 5.41) is 5.49. The predicted octanol–water partition coefficient (Wildman–Crippen LogP) is 2.37. The molecule has 112 valence electrons. The van der Waals surface area contributed by atoms with Crippen molar-refractivity contribution in [1.82, 2.24) is 14.7 Å². The molecule has 0 aliphatic rings. The molecule has 0 atom stereocenters. The zero-order valence-electron chi connectivity index (χ0n) is 12.6. The third kappa shape index (κ3) is 3.50. The lowest BCUT2D eigenvalue weighted by atomic mass is 10.3. The minimum Gasteiger partial charge on any atom is -0.383 e. The van der Waals surface area contributed by atoms with Crippen LogP contribution in [-0.4, -0.2) is 43.2 Å². The summed E-state index contributed by atoms with van der Waals surface area (Å²) in [6.07, 6.45) is 4.49. The number of thiazole rings is 1. The van der Waals surface area contributed by atoms with E-state index in [1.165, 1.54) is 18.5 Å². The first kappa shape index (κ1) is 15.3. The smallest absolute Gasteiger partial charge is 0.195 e. The molecule has 2 heterocycles. The summed E-state index contributed by atoms with van der Waals surface area (Å²) >= 11 is 1.68. The number of fused-ring (bicyclic) bond motifs is 1. The molecule has 0 aliphatic carbocycles. The van der Waals surface area contributed by atoms with Crippen molar-refractivity contribution < 1.29 is 4.74 Å². The first-order valence-electron chi connectivity index (χ1n) is 7.13. The normalized spacial score (nSPS) is 11.3. The summed E-state index contributed by atoms with van der Waals surface area (Å²) in [6.45, 7) is 5.66. The Kier molecular flexibility index (Phi) is 5.82. The van der Waals surface area contributed by atoms with Gasteiger partial charge in [-0.2, -0.15) is 0 Å². The van der Waals surface area contributed by atoms with Gasteiger partial charge in [0, 0.05) is 45.4 Å². The maximum atomic E-state index is 5.07. The summed E-state index contributed by atoms with van der Waals surface area (Å²) < 4.78 is 7.25. The van der Waals surface area contributed by atoms with E-state index >= 15 is 0 Å². The molecule has 0 unspecified atom stereocenters. The Morgan fingerprint density at radius 1 is 1.50 bits per heavy atom. The van der Waals surface area contributed by atoms with Crippen LogP contribution in [0.25, 0.3) is 4.96 Å². The van der Waals surface area contributed by atoms with Crippen LogP contribution in [0.5, 0.6) is 0 Å². The molecule has 0 radical (unpaired) electrons. The zero-order chi connectivity index (χ0) is 14.4.